The molecule has 1 heterocycles. The van der Waals surface area contributed by atoms with Crippen molar-refractivity contribution in [3.05, 3.63) is 28.8 Å². The van der Waals surface area contributed by atoms with Gasteiger partial charge in [0, 0.05) is 45.2 Å². The van der Waals surface area contributed by atoms with Crippen LogP contribution in [0.5, 0.6) is 5.75 Å². The standard InChI is InChI=1S/C13H17ClN2O2/c1-10(17)16-7-5-15(6-8-16)9-11-3-2-4-12(14)13(11)18/h2-4,18H,5-9H2,1H3. The molecule has 0 saturated carbocycles. The number of carbonyl (C=O) groups is 1. The summed E-state index contributed by atoms with van der Waals surface area (Å²) >= 11 is 5.87. The summed E-state index contributed by atoms with van der Waals surface area (Å²) < 4.78 is 0. The highest BCUT2D eigenvalue weighted by Gasteiger charge is 2.19. The third-order valence-corrected chi connectivity index (χ3v) is 3.59. The molecule has 1 aromatic rings. The number of nitrogens with zero attached hydrogens (tertiary/aromatic N) is 2. The lowest BCUT2D eigenvalue weighted by atomic mass is 10.1. The normalized spacial score (nSPS) is 16.9. The summed E-state index contributed by atoms with van der Waals surface area (Å²) in [6.07, 6.45) is 0. The van der Waals surface area contributed by atoms with Gasteiger partial charge in [0.05, 0.1) is 5.02 Å². The highest BCUT2D eigenvalue weighted by molar-refractivity contribution is 6.32. The number of rotatable bonds is 2. The molecule has 2 rings (SSSR count). The van der Waals surface area contributed by atoms with E-state index < -0.39 is 0 Å². The minimum absolute atomic E-state index is 0.125. The fraction of sp³-hybridized carbons (Fsp3) is 0.462. The van der Waals surface area contributed by atoms with Gasteiger partial charge in [-0.1, -0.05) is 23.7 Å². The second-order valence-corrected chi connectivity index (χ2v) is 4.94. The zero-order chi connectivity index (χ0) is 13.1. The fourth-order valence-electron chi connectivity index (χ4n) is 2.15. The lowest BCUT2D eigenvalue weighted by molar-refractivity contribution is -0.130. The number of phenolic OH excluding ortho intramolecular Hbond substituents is 1. The van der Waals surface area contributed by atoms with Crippen LogP contribution in [0.2, 0.25) is 5.02 Å². The highest BCUT2D eigenvalue weighted by atomic mass is 35.5. The van der Waals surface area contributed by atoms with Gasteiger partial charge >= 0.3 is 0 Å². The zero-order valence-corrected chi connectivity index (χ0v) is 11.2. The van der Waals surface area contributed by atoms with Gasteiger partial charge in [-0.3, -0.25) is 9.69 Å². The van der Waals surface area contributed by atoms with Crippen molar-refractivity contribution >= 4 is 17.5 Å². The number of piperazine rings is 1. The van der Waals surface area contributed by atoms with Crippen molar-refractivity contribution in [3.8, 4) is 5.75 Å². The Bertz CT molecular complexity index is 443. The first kappa shape index (κ1) is 13.2. The van der Waals surface area contributed by atoms with Crippen LogP contribution in [0.1, 0.15) is 12.5 Å². The molecule has 0 aromatic heterocycles. The van der Waals surface area contributed by atoms with Crippen LogP contribution in [0, 0.1) is 0 Å². The summed E-state index contributed by atoms with van der Waals surface area (Å²) in [6, 6.07) is 5.38. The summed E-state index contributed by atoms with van der Waals surface area (Å²) in [5.74, 6) is 0.286. The van der Waals surface area contributed by atoms with E-state index in [1.807, 2.05) is 17.0 Å². The number of hydrogen-bond donors (Lipinski definition) is 1. The Morgan fingerprint density at radius 3 is 2.61 bits per heavy atom. The number of hydrogen-bond acceptors (Lipinski definition) is 3. The first-order valence-electron chi connectivity index (χ1n) is 6.02. The molecule has 98 valence electrons. The first-order valence-corrected chi connectivity index (χ1v) is 6.40. The number of carbonyl (C=O) groups excluding carboxylic acids is 1. The molecule has 1 aliphatic heterocycles. The van der Waals surface area contributed by atoms with Gasteiger partial charge in [-0.25, -0.2) is 0 Å². The molecule has 1 fully saturated rings. The van der Waals surface area contributed by atoms with Gasteiger partial charge in [0.1, 0.15) is 5.75 Å². The van der Waals surface area contributed by atoms with Gasteiger partial charge in [0.25, 0.3) is 0 Å². The van der Waals surface area contributed by atoms with Crippen LogP contribution in [-0.4, -0.2) is 47.0 Å². The summed E-state index contributed by atoms with van der Waals surface area (Å²) in [5, 5.41) is 10.2. The number of amides is 1. The predicted octanol–water partition coefficient (Wildman–Crippen LogP) is 1.71. The molecule has 0 atom stereocenters. The number of phenols is 1. The Morgan fingerprint density at radius 2 is 2.00 bits per heavy atom. The maximum absolute atomic E-state index is 11.2. The van der Waals surface area contributed by atoms with E-state index in [9.17, 15) is 9.90 Å². The molecule has 0 bridgehead atoms. The first-order chi connectivity index (χ1) is 8.58. The summed E-state index contributed by atoms with van der Waals surface area (Å²) in [4.78, 5) is 15.3. The molecule has 1 aromatic carbocycles. The Kier molecular flexibility index (Phi) is 4.09. The average Bonchev–Trinajstić information content (AvgIpc) is 2.36. The Hall–Kier alpha value is -1.26. The monoisotopic (exact) mass is 268 g/mol. The van der Waals surface area contributed by atoms with Gasteiger partial charge in [-0.05, 0) is 6.07 Å². The fourth-order valence-corrected chi connectivity index (χ4v) is 2.34. The molecule has 18 heavy (non-hydrogen) atoms. The van der Waals surface area contributed by atoms with Crippen molar-refractivity contribution in [1.82, 2.24) is 9.80 Å². The van der Waals surface area contributed by atoms with Crippen molar-refractivity contribution in [3.63, 3.8) is 0 Å². The minimum atomic E-state index is 0.125. The van der Waals surface area contributed by atoms with Gasteiger partial charge in [0.2, 0.25) is 5.91 Å². The Morgan fingerprint density at radius 1 is 1.33 bits per heavy atom. The van der Waals surface area contributed by atoms with Crippen molar-refractivity contribution in [2.75, 3.05) is 26.2 Å². The third-order valence-electron chi connectivity index (χ3n) is 3.28. The van der Waals surface area contributed by atoms with E-state index in [1.165, 1.54) is 0 Å². The molecular formula is C13H17ClN2O2. The molecule has 0 unspecified atom stereocenters. The van der Waals surface area contributed by atoms with Crippen LogP contribution in [-0.2, 0) is 11.3 Å². The predicted molar refractivity (Wildman–Crippen MR) is 70.6 cm³/mol. The van der Waals surface area contributed by atoms with Crippen LogP contribution in [0.15, 0.2) is 18.2 Å². The van der Waals surface area contributed by atoms with E-state index >= 15 is 0 Å². The molecule has 0 aliphatic carbocycles. The highest BCUT2D eigenvalue weighted by Crippen LogP contribution is 2.28. The van der Waals surface area contributed by atoms with Crippen molar-refractivity contribution in [2.24, 2.45) is 0 Å². The maximum atomic E-state index is 11.2. The number of halogens is 1. The van der Waals surface area contributed by atoms with Gasteiger partial charge < -0.3 is 10.0 Å². The van der Waals surface area contributed by atoms with Crippen LogP contribution >= 0.6 is 11.6 Å². The molecule has 1 N–H and O–H groups in total. The Balaban J connectivity index is 1.96. The van der Waals surface area contributed by atoms with Gasteiger partial charge in [-0.15, -0.1) is 0 Å². The van der Waals surface area contributed by atoms with Crippen molar-refractivity contribution in [1.29, 1.82) is 0 Å². The SMILES string of the molecule is CC(=O)N1CCN(Cc2cccc(Cl)c2O)CC1. The van der Waals surface area contributed by atoms with E-state index in [4.69, 9.17) is 11.6 Å². The molecule has 1 amide bonds. The lowest BCUT2D eigenvalue weighted by Crippen LogP contribution is -2.47. The number of benzene rings is 1. The van der Waals surface area contributed by atoms with E-state index in [0.29, 0.717) is 11.6 Å². The Labute approximate surface area is 112 Å². The molecular weight excluding hydrogens is 252 g/mol. The third kappa shape index (κ3) is 2.94. The zero-order valence-electron chi connectivity index (χ0n) is 10.4. The van der Waals surface area contributed by atoms with E-state index in [1.54, 1.807) is 13.0 Å². The van der Waals surface area contributed by atoms with Crippen LogP contribution in [0.3, 0.4) is 0 Å². The minimum Gasteiger partial charge on any atom is -0.506 e. The smallest absolute Gasteiger partial charge is 0.219 e. The summed E-state index contributed by atoms with van der Waals surface area (Å²) in [7, 11) is 0. The van der Waals surface area contributed by atoms with Crippen LogP contribution in [0.25, 0.3) is 0 Å². The van der Waals surface area contributed by atoms with E-state index in [2.05, 4.69) is 4.90 Å². The molecule has 1 aliphatic rings. The molecule has 0 spiro atoms. The molecule has 1 saturated heterocycles. The van der Waals surface area contributed by atoms with Gasteiger partial charge in [0.15, 0.2) is 0 Å². The average molecular weight is 269 g/mol. The molecule has 5 heteroatoms. The van der Waals surface area contributed by atoms with Crippen LogP contribution in [0.4, 0.5) is 0 Å². The van der Waals surface area contributed by atoms with E-state index in [0.717, 1.165) is 31.7 Å². The van der Waals surface area contributed by atoms with Gasteiger partial charge in [-0.2, -0.15) is 0 Å². The summed E-state index contributed by atoms with van der Waals surface area (Å²) in [5.41, 5.74) is 0.832. The second-order valence-electron chi connectivity index (χ2n) is 4.53. The summed E-state index contributed by atoms with van der Waals surface area (Å²) in [6.45, 7) is 5.40. The quantitative estimate of drug-likeness (QED) is 0.888. The number of aromatic hydroxyl groups is 1. The van der Waals surface area contributed by atoms with E-state index in [-0.39, 0.29) is 11.7 Å². The number of para-hydroxylation sites is 1. The topological polar surface area (TPSA) is 43.8 Å². The van der Waals surface area contributed by atoms with Crippen LogP contribution < -0.4 is 0 Å². The maximum Gasteiger partial charge on any atom is 0.219 e. The second kappa shape index (κ2) is 5.59. The molecule has 0 radical (unpaired) electrons. The molecule has 4 nitrogen and oxygen atoms in total. The van der Waals surface area contributed by atoms with Crippen molar-refractivity contribution < 1.29 is 9.90 Å². The lowest BCUT2D eigenvalue weighted by Gasteiger charge is -2.34. The van der Waals surface area contributed by atoms with Crippen molar-refractivity contribution in [2.45, 2.75) is 13.5 Å². The largest absolute Gasteiger partial charge is 0.506 e.